The Kier molecular flexibility index (Phi) is 3.33. The first-order chi connectivity index (χ1) is 8.39. The van der Waals surface area contributed by atoms with E-state index in [1.165, 1.54) is 11.3 Å². The van der Waals surface area contributed by atoms with Gasteiger partial charge in [-0.15, -0.1) is 0 Å². The highest BCUT2D eigenvalue weighted by Crippen LogP contribution is 2.26. The van der Waals surface area contributed by atoms with E-state index in [0.717, 1.165) is 19.6 Å². The van der Waals surface area contributed by atoms with Crippen molar-refractivity contribution in [2.24, 2.45) is 5.41 Å². The molecule has 0 N–H and O–H groups in total. The number of carbonyl (C=O) groups excluding carboxylic acids is 1. The summed E-state index contributed by atoms with van der Waals surface area (Å²) >= 11 is 0. The van der Waals surface area contributed by atoms with Crippen molar-refractivity contribution in [3.63, 3.8) is 0 Å². The zero-order valence-electron chi connectivity index (χ0n) is 11.7. The quantitative estimate of drug-likeness (QED) is 0.702. The summed E-state index contributed by atoms with van der Waals surface area (Å²) in [7, 11) is 2.09. The van der Waals surface area contributed by atoms with Crippen molar-refractivity contribution in [2.45, 2.75) is 27.3 Å². The molecule has 3 heteroatoms. The maximum Gasteiger partial charge on any atom is 0.228 e. The molecule has 0 spiro atoms. The molecular weight excluding hydrogens is 224 g/mol. The Morgan fingerprint density at radius 1 is 1.17 bits per heavy atom. The molecule has 0 aliphatic carbocycles. The van der Waals surface area contributed by atoms with Crippen LogP contribution in [0.25, 0.3) is 0 Å². The number of rotatable bonds is 0. The van der Waals surface area contributed by atoms with Gasteiger partial charge in [0.2, 0.25) is 5.91 Å². The van der Waals surface area contributed by atoms with Crippen molar-refractivity contribution < 1.29 is 4.79 Å². The van der Waals surface area contributed by atoms with Gasteiger partial charge in [-0.2, -0.15) is 0 Å². The van der Waals surface area contributed by atoms with E-state index in [-0.39, 0.29) is 11.3 Å². The first-order valence-electron chi connectivity index (χ1n) is 6.48. The highest BCUT2D eigenvalue weighted by molar-refractivity contribution is 5.82. The molecule has 1 amide bonds. The molecule has 2 rings (SSSR count). The van der Waals surface area contributed by atoms with Crippen LogP contribution in [-0.4, -0.2) is 30.9 Å². The van der Waals surface area contributed by atoms with Crippen molar-refractivity contribution in [3.8, 4) is 0 Å². The Labute approximate surface area is 109 Å². The molecule has 98 valence electrons. The summed E-state index contributed by atoms with van der Waals surface area (Å²) in [5, 5.41) is 0. The van der Waals surface area contributed by atoms with Gasteiger partial charge in [-0.1, -0.05) is 39.0 Å². The topological polar surface area (TPSA) is 23.6 Å². The van der Waals surface area contributed by atoms with Crippen LogP contribution in [0.15, 0.2) is 24.3 Å². The van der Waals surface area contributed by atoms with Gasteiger partial charge in [0.1, 0.15) is 0 Å². The lowest BCUT2D eigenvalue weighted by Crippen LogP contribution is -2.41. The number of nitrogens with zero attached hydrogens (tertiary/aromatic N) is 2. The molecule has 0 radical (unpaired) electrons. The Morgan fingerprint density at radius 2 is 1.83 bits per heavy atom. The van der Waals surface area contributed by atoms with Crippen LogP contribution in [0.1, 0.15) is 26.3 Å². The van der Waals surface area contributed by atoms with Gasteiger partial charge in [0.15, 0.2) is 0 Å². The third-order valence-corrected chi connectivity index (χ3v) is 3.40. The van der Waals surface area contributed by atoms with Gasteiger partial charge in [0.25, 0.3) is 0 Å². The number of likely N-dealkylation sites (N-methyl/N-ethyl adjacent to an activating group) is 1. The fourth-order valence-corrected chi connectivity index (χ4v) is 2.34. The molecule has 1 aromatic rings. The van der Waals surface area contributed by atoms with Crippen molar-refractivity contribution in [2.75, 3.05) is 25.0 Å². The molecule has 3 nitrogen and oxygen atoms in total. The molecule has 0 bridgehead atoms. The summed E-state index contributed by atoms with van der Waals surface area (Å²) in [6.45, 7) is 8.35. The highest BCUT2D eigenvalue weighted by Gasteiger charge is 2.29. The maximum absolute atomic E-state index is 12.4. The number of fused-ring (bicyclic) bond motifs is 1. The van der Waals surface area contributed by atoms with Gasteiger partial charge in [0, 0.05) is 37.8 Å². The zero-order chi connectivity index (χ0) is 13.3. The van der Waals surface area contributed by atoms with Crippen LogP contribution in [-0.2, 0) is 11.3 Å². The van der Waals surface area contributed by atoms with E-state index in [1.54, 1.807) is 0 Å². The summed E-state index contributed by atoms with van der Waals surface area (Å²) in [6.07, 6.45) is 0. The van der Waals surface area contributed by atoms with Gasteiger partial charge in [-0.25, -0.2) is 0 Å². The first-order valence-corrected chi connectivity index (χ1v) is 6.48. The minimum Gasteiger partial charge on any atom is -0.373 e. The van der Waals surface area contributed by atoms with Gasteiger partial charge in [-0.3, -0.25) is 4.79 Å². The molecule has 0 saturated heterocycles. The number of hydrogen-bond acceptors (Lipinski definition) is 2. The SMILES string of the molecule is CN1CCN(C(=O)C(C)(C)C)Cc2ccccc21. The van der Waals surface area contributed by atoms with Crippen LogP contribution in [0.3, 0.4) is 0 Å². The fraction of sp³-hybridized carbons (Fsp3) is 0.533. The molecule has 1 heterocycles. The predicted molar refractivity (Wildman–Crippen MR) is 74.6 cm³/mol. The summed E-state index contributed by atoms with van der Waals surface area (Å²) in [6, 6.07) is 8.33. The van der Waals surface area contributed by atoms with E-state index in [4.69, 9.17) is 0 Å². The lowest BCUT2D eigenvalue weighted by Gasteiger charge is -2.28. The van der Waals surface area contributed by atoms with Crippen LogP contribution in [0.2, 0.25) is 0 Å². The molecular formula is C15H22N2O. The molecule has 0 fully saturated rings. The third-order valence-electron chi connectivity index (χ3n) is 3.40. The second kappa shape index (κ2) is 4.63. The molecule has 1 aromatic carbocycles. The average Bonchev–Trinajstić information content (AvgIpc) is 2.47. The van der Waals surface area contributed by atoms with Crippen molar-refractivity contribution in [3.05, 3.63) is 29.8 Å². The van der Waals surface area contributed by atoms with Crippen molar-refractivity contribution in [1.29, 1.82) is 0 Å². The van der Waals surface area contributed by atoms with Crippen LogP contribution in [0.4, 0.5) is 5.69 Å². The molecule has 1 aliphatic rings. The van der Waals surface area contributed by atoms with E-state index in [9.17, 15) is 4.79 Å². The lowest BCUT2D eigenvalue weighted by molar-refractivity contribution is -0.139. The predicted octanol–water partition coefficient (Wildman–Crippen LogP) is 2.51. The first kappa shape index (κ1) is 12.9. The van der Waals surface area contributed by atoms with Gasteiger partial charge < -0.3 is 9.80 Å². The number of benzene rings is 1. The third kappa shape index (κ3) is 2.50. The Morgan fingerprint density at radius 3 is 2.50 bits per heavy atom. The van der Waals surface area contributed by atoms with Gasteiger partial charge in [-0.05, 0) is 11.6 Å². The molecule has 0 aromatic heterocycles. The Hall–Kier alpha value is -1.51. The smallest absolute Gasteiger partial charge is 0.228 e. The van der Waals surface area contributed by atoms with E-state index in [2.05, 4.69) is 30.1 Å². The second-order valence-corrected chi connectivity index (χ2v) is 6.03. The Bertz CT molecular complexity index is 448. The fourth-order valence-electron chi connectivity index (χ4n) is 2.34. The highest BCUT2D eigenvalue weighted by atomic mass is 16.2. The maximum atomic E-state index is 12.4. The number of anilines is 1. The van der Waals surface area contributed by atoms with E-state index >= 15 is 0 Å². The monoisotopic (exact) mass is 246 g/mol. The standard InChI is InChI=1S/C15H22N2O/c1-15(2,3)14(18)17-10-9-16(4)13-8-6-5-7-12(13)11-17/h5-8H,9-11H2,1-4H3. The molecule has 0 unspecified atom stereocenters. The summed E-state index contributed by atoms with van der Waals surface area (Å²) in [5.74, 6) is 0.229. The second-order valence-electron chi connectivity index (χ2n) is 6.03. The van der Waals surface area contributed by atoms with Gasteiger partial charge >= 0.3 is 0 Å². The lowest BCUT2D eigenvalue weighted by atomic mass is 9.94. The minimum atomic E-state index is -0.308. The van der Waals surface area contributed by atoms with E-state index in [0.29, 0.717) is 0 Å². The summed E-state index contributed by atoms with van der Waals surface area (Å²) in [4.78, 5) is 16.6. The molecule has 1 aliphatic heterocycles. The van der Waals surface area contributed by atoms with E-state index in [1.807, 2.05) is 31.7 Å². The van der Waals surface area contributed by atoms with Crippen molar-refractivity contribution in [1.82, 2.24) is 4.90 Å². The van der Waals surface area contributed by atoms with Crippen LogP contribution in [0.5, 0.6) is 0 Å². The minimum absolute atomic E-state index is 0.229. The largest absolute Gasteiger partial charge is 0.373 e. The number of para-hydroxylation sites is 1. The van der Waals surface area contributed by atoms with Crippen LogP contribution >= 0.6 is 0 Å². The number of amides is 1. The van der Waals surface area contributed by atoms with Crippen molar-refractivity contribution >= 4 is 11.6 Å². The number of hydrogen-bond donors (Lipinski definition) is 0. The van der Waals surface area contributed by atoms with E-state index < -0.39 is 0 Å². The van der Waals surface area contributed by atoms with Crippen LogP contribution in [0, 0.1) is 5.41 Å². The summed E-state index contributed by atoms with van der Waals surface area (Å²) in [5.41, 5.74) is 2.16. The zero-order valence-corrected chi connectivity index (χ0v) is 11.7. The molecule has 18 heavy (non-hydrogen) atoms. The molecule has 0 atom stereocenters. The normalized spacial score (nSPS) is 16.2. The average molecular weight is 246 g/mol. The molecule has 0 saturated carbocycles. The van der Waals surface area contributed by atoms with Gasteiger partial charge in [0.05, 0.1) is 0 Å². The van der Waals surface area contributed by atoms with Crippen LogP contribution < -0.4 is 4.90 Å². The Balaban J connectivity index is 2.28. The summed E-state index contributed by atoms with van der Waals surface area (Å²) < 4.78 is 0. The number of carbonyl (C=O) groups is 1.